The van der Waals surface area contributed by atoms with Gasteiger partial charge in [0.25, 0.3) is 0 Å². The molecule has 1 saturated heterocycles. The number of hydrogen-bond donors (Lipinski definition) is 2. The van der Waals surface area contributed by atoms with E-state index < -0.39 is 11.7 Å². The van der Waals surface area contributed by atoms with Gasteiger partial charge in [-0.1, -0.05) is 11.6 Å². The maximum absolute atomic E-state index is 12.8. The van der Waals surface area contributed by atoms with E-state index >= 15 is 0 Å². The fourth-order valence-corrected chi connectivity index (χ4v) is 3.53. The van der Waals surface area contributed by atoms with Gasteiger partial charge in [-0.3, -0.25) is 4.99 Å². The minimum absolute atomic E-state index is 0.000995. The average molecular weight is 445 g/mol. The van der Waals surface area contributed by atoms with Crippen LogP contribution in [0.3, 0.4) is 0 Å². The van der Waals surface area contributed by atoms with E-state index in [2.05, 4.69) is 30.8 Å². The minimum Gasteiger partial charge on any atom is -0.356 e. The maximum Gasteiger partial charge on any atom is 0.417 e. The van der Waals surface area contributed by atoms with Crippen LogP contribution < -0.4 is 15.5 Å². The van der Waals surface area contributed by atoms with Crippen molar-refractivity contribution in [3.8, 4) is 0 Å². The van der Waals surface area contributed by atoms with Gasteiger partial charge in [-0.05, 0) is 25.3 Å². The van der Waals surface area contributed by atoms with Crippen LogP contribution in [-0.2, 0) is 12.7 Å². The third-order valence-electron chi connectivity index (χ3n) is 4.80. The Hall–Kier alpha value is -2.56. The molecule has 0 amide bonds. The lowest BCUT2D eigenvalue weighted by molar-refractivity contribution is -0.137. The van der Waals surface area contributed by atoms with Crippen molar-refractivity contribution in [2.45, 2.75) is 38.0 Å². The summed E-state index contributed by atoms with van der Waals surface area (Å²) in [6.07, 6.45) is 2.49. The average Bonchev–Trinajstić information content (AvgIpc) is 3.38. The number of halogens is 4. The smallest absolute Gasteiger partial charge is 0.356 e. The molecule has 0 bridgehead atoms. The molecule has 0 radical (unpaired) electrons. The molecule has 1 aliphatic heterocycles. The maximum atomic E-state index is 12.8. The number of alkyl halides is 3. The van der Waals surface area contributed by atoms with Crippen LogP contribution in [0.15, 0.2) is 29.9 Å². The third-order valence-corrected chi connectivity index (χ3v) is 5.08. The fraction of sp³-hybridized carbons (Fsp3) is 0.556. The molecule has 0 spiro atoms. The van der Waals surface area contributed by atoms with Crippen LogP contribution in [0.2, 0.25) is 5.02 Å². The summed E-state index contributed by atoms with van der Waals surface area (Å²) in [7, 11) is 1.70. The number of nitrogens with zero attached hydrogens (tertiary/aromatic N) is 6. The summed E-state index contributed by atoms with van der Waals surface area (Å²) in [5.41, 5.74) is -0.848. The molecule has 1 atom stereocenters. The number of pyridine rings is 1. The van der Waals surface area contributed by atoms with Crippen molar-refractivity contribution in [3.63, 3.8) is 0 Å². The Bertz CT molecular complexity index is 840. The van der Waals surface area contributed by atoms with Crippen molar-refractivity contribution in [2.24, 2.45) is 4.99 Å². The second-order valence-electron chi connectivity index (χ2n) is 7.01. The van der Waals surface area contributed by atoms with Crippen molar-refractivity contribution < 1.29 is 13.2 Å². The summed E-state index contributed by atoms with van der Waals surface area (Å²) in [6.45, 7) is 2.85. The molecule has 1 unspecified atom stereocenters. The van der Waals surface area contributed by atoms with Gasteiger partial charge in [0.05, 0.1) is 10.6 Å². The van der Waals surface area contributed by atoms with Gasteiger partial charge in [0, 0.05) is 45.5 Å². The van der Waals surface area contributed by atoms with E-state index in [0.29, 0.717) is 24.9 Å². The van der Waals surface area contributed by atoms with Crippen molar-refractivity contribution in [1.29, 1.82) is 0 Å². The van der Waals surface area contributed by atoms with E-state index in [9.17, 15) is 13.2 Å². The number of unbranched alkanes of at least 4 members (excludes halogenated alkanes) is 1. The number of anilines is 1. The number of nitrogens with one attached hydrogen (secondary N) is 2. The van der Waals surface area contributed by atoms with E-state index in [1.54, 1.807) is 19.7 Å². The van der Waals surface area contributed by atoms with E-state index in [1.165, 1.54) is 0 Å². The molecule has 30 heavy (non-hydrogen) atoms. The Morgan fingerprint density at radius 2 is 2.07 bits per heavy atom. The first-order chi connectivity index (χ1) is 14.4. The molecule has 1 fully saturated rings. The Kier molecular flexibility index (Phi) is 7.35. The van der Waals surface area contributed by atoms with E-state index in [1.807, 2.05) is 9.47 Å². The zero-order valence-corrected chi connectivity index (χ0v) is 17.3. The lowest BCUT2D eigenvalue weighted by Gasteiger charge is -2.21. The molecule has 12 heteroatoms. The van der Waals surface area contributed by atoms with E-state index in [-0.39, 0.29) is 11.1 Å². The first kappa shape index (κ1) is 22.1. The lowest BCUT2D eigenvalue weighted by atomic mass is 10.2. The molecule has 164 valence electrons. The van der Waals surface area contributed by atoms with Crippen LogP contribution in [-0.4, -0.2) is 58.4 Å². The summed E-state index contributed by atoms with van der Waals surface area (Å²) >= 11 is 6.06. The van der Waals surface area contributed by atoms with E-state index in [4.69, 9.17) is 11.6 Å². The molecular weight excluding hydrogens is 421 g/mol. The number of hydrogen-bond acceptors (Lipinski definition) is 5. The van der Waals surface area contributed by atoms with Gasteiger partial charge in [-0.15, -0.1) is 10.2 Å². The highest BCUT2D eigenvalue weighted by molar-refractivity contribution is 6.33. The number of aromatic nitrogens is 4. The third kappa shape index (κ3) is 5.97. The van der Waals surface area contributed by atoms with Gasteiger partial charge in [0.1, 0.15) is 18.5 Å². The Labute approximate surface area is 177 Å². The second-order valence-corrected chi connectivity index (χ2v) is 7.42. The van der Waals surface area contributed by atoms with Gasteiger partial charge in [-0.2, -0.15) is 13.2 Å². The molecule has 0 aliphatic carbocycles. The molecular formula is C18H24ClF3N8. The van der Waals surface area contributed by atoms with Crippen LogP contribution in [0.4, 0.5) is 19.0 Å². The largest absolute Gasteiger partial charge is 0.417 e. The molecule has 2 N–H and O–H groups in total. The molecule has 2 aromatic rings. The van der Waals surface area contributed by atoms with Gasteiger partial charge in [0.15, 0.2) is 5.96 Å². The van der Waals surface area contributed by atoms with Gasteiger partial charge >= 0.3 is 6.18 Å². The summed E-state index contributed by atoms with van der Waals surface area (Å²) in [5, 5.41) is 14.2. The topological polar surface area (TPSA) is 83.3 Å². The standard InChI is InChI=1S/C18H24ClF3N8/c1-23-17(24-5-2-3-6-29-11-26-27-12-29)28-14-4-7-30(10-14)16-15(19)8-13(9-25-16)18(20,21)22/h8-9,11-12,14H,2-7,10H2,1H3,(H2,23,24,28). The predicted molar refractivity (Wildman–Crippen MR) is 109 cm³/mol. The number of guanidine groups is 1. The SMILES string of the molecule is CN=C(NCCCCn1cnnc1)NC1CCN(c2ncc(C(F)(F)F)cc2Cl)C1. The molecule has 2 aromatic heterocycles. The zero-order valence-electron chi connectivity index (χ0n) is 16.5. The van der Waals surface area contributed by atoms with Crippen molar-refractivity contribution in [1.82, 2.24) is 30.4 Å². The van der Waals surface area contributed by atoms with Crippen molar-refractivity contribution in [2.75, 3.05) is 31.6 Å². The summed E-state index contributed by atoms with van der Waals surface area (Å²) < 4.78 is 40.3. The normalized spacial score (nSPS) is 17.4. The first-order valence-electron chi connectivity index (χ1n) is 9.64. The highest BCUT2D eigenvalue weighted by Crippen LogP contribution is 2.34. The molecule has 3 heterocycles. The van der Waals surface area contributed by atoms with Crippen molar-refractivity contribution >= 4 is 23.4 Å². The predicted octanol–water partition coefficient (Wildman–Crippen LogP) is 2.57. The summed E-state index contributed by atoms with van der Waals surface area (Å²) in [5.74, 6) is 1.06. The minimum atomic E-state index is -4.46. The Balaban J connectivity index is 1.44. The Morgan fingerprint density at radius 3 is 2.73 bits per heavy atom. The fourth-order valence-electron chi connectivity index (χ4n) is 3.24. The molecule has 8 nitrogen and oxygen atoms in total. The molecule has 0 aromatic carbocycles. The first-order valence-corrected chi connectivity index (χ1v) is 10.0. The molecule has 3 rings (SSSR count). The summed E-state index contributed by atoms with van der Waals surface area (Å²) in [4.78, 5) is 10.1. The highest BCUT2D eigenvalue weighted by atomic mass is 35.5. The van der Waals surface area contributed by atoms with Gasteiger partial charge in [0.2, 0.25) is 0 Å². The van der Waals surface area contributed by atoms with Crippen molar-refractivity contribution in [3.05, 3.63) is 35.5 Å². The van der Waals surface area contributed by atoms with Crippen LogP contribution in [0.25, 0.3) is 0 Å². The number of aliphatic imine (C=N–C) groups is 1. The van der Waals surface area contributed by atoms with Gasteiger partial charge in [-0.25, -0.2) is 4.98 Å². The van der Waals surface area contributed by atoms with Crippen LogP contribution in [0, 0.1) is 0 Å². The van der Waals surface area contributed by atoms with Gasteiger partial charge < -0.3 is 20.1 Å². The zero-order chi connectivity index (χ0) is 21.6. The number of aryl methyl sites for hydroxylation is 1. The second kappa shape index (κ2) is 9.96. The number of rotatable bonds is 7. The summed E-state index contributed by atoms with van der Waals surface area (Å²) in [6, 6.07) is 1.01. The van der Waals surface area contributed by atoms with E-state index in [0.717, 1.165) is 44.6 Å². The van der Waals surface area contributed by atoms with Crippen LogP contribution >= 0.6 is 11.6 Å². The highest BCUT2D eigenvalue weighted by Gasteiger charge is 2.33. The quantitative estimate of drug-likeness (QED) is 0.388. The lowest BCUT2D eigenvalue weighted by Crippen LogP contribution is -2.45. The Morgan fingerprint density at radius 1 is 1.30 bits per heavy atom. The van der Waals surface area contributed by atoms with Crippen LogP contribution in [0.1, 0.15) is 24.8 Å². The van der Waals surface area contributed by atoms with Crippen LogP contribution in [0.5, 0.6) is 0 Å². The molecule has 1 aliphatic rings. The molecule has 0 saturated carbocycles. The monoisotopic (exact) mass is 444 g/mol.